The highest BCUT2D eigenvalue weighted by Crippen LogP contribution is 2.24. The molecule has 0 aliphatic carbocycles. The monoisotopic (exact) mass is 318 g/mol. The maximum absolute atomic E-state index is 9.05. The predicted octanol–water partition coefficient (Wildman–Crippen LogP) is 4.04. The highest BCUT2D eigenvalue weighted by molar-refractivity contribution is 9.10. The SMILES string of the molecule is C=CC(CO)Oc1ccc(-c2ccc(Br)cc2)cc1. The van der Waals surface area contributed by atoms with Gasteiger partial charge in [-0.3, -0.25) is 0 Å². The highest BCUT2D eigenvalue weighted by atomic mass is 79.9. The maximum Gasteiger partial charge on any atom is 0.140 e. The molecule has 19 heavy (non-hydrogen) atoms. The molecule has 0 heterocycles. The summed E-state index contributed by atoms with van der Waals surface area (Å²) in [7, 11) is 0. The third-order valence-electron chi connectivity index (χ3n) is 2.76. The number of hydrogen-bond acceptors (Lipinski definition) is 2. The van der Waals surface area contributed by atoms with E-state index in [1.165, 1.54) is 0 Å². The van der Waals surface area contributed by atoms with Crippen molar-refractivity contribution in [2.75, 3.05) is 6.61 Å². The molecule has 0 aromatic heterocycles. The summed E-state index contributed by atoms with van der Waals surface area (Å²) in [5.41, 5.74) is 2.27. The van der Waals surface area contributed by atoms with Crippen molar-refractivity contribution in [1.82, 2.24) is 0 Å². The Morgan fingerprint density at radius 3 is 2.05 bits per heavy atom. The number of ether oxygens (including phenoxy) is 1. The summed E-state index contributed by atoms with van der Waals surface area (Å²) in [5.74, 6) is 0.722. The quantitative estimate of drug-likeness (QED) is 0.843. The second-order valence-electron chi connectivity index (χ2n) is 4.11. The minimum atomic E-state index is -0.362. The van der Waals surface area contributed by atoms with Gasteiger partial charge in [0.2, 0.25) is 0 Å². The van der Waals surface area contributed by atoms with E-state index in [2.05, 4.69) is 34.6 Å². The zero-order chi connectivity index (χ0) is 13.7. The fourth-order valence-electron chi connectivity index (χ4n) is 1.70. The first-order valence-corrected chi connectivity index (χ1v) is 6.78. The van der Waals surface area contributed by atoms with Crippen LogP contribution in [0, 0.1) is 0 Å². The molecule has 1 atom stereocenters. The van der Waals surface area contributed by atoms with Crippen molar-refractivity contribution in [3.05, 3.63) is 65.7 Å². The molecule has 1 N–H and O–H groups in total. The summed E-state index contributed by atoms with van der Waals surface area (Å²) >= 11 is 3.42. The van der Waals surface area contributed by atoms with Crippen LogP contribution in [0.25, 0.3) is 11.1 Å². The van der Waals surface area contributed by atoms with Gasteiger partial charge in [0.15, 0.2) is 0 Å². The van der Waals surface area contributed by atoms with Crippen LogP contribution in [-0.4, -0.2) is 17.8 Å². The second kappa shape index (κ2) is 6.55. The third-order valence-corrected chi connectivity index (χ3v) is 3.29. The lowest BCUT2D eigenvalue weighted by Gasteiger charge is -2.13. The molecule has 0 saturated carbocycles. The Morgan fingerprint density at radius 1 is 1.05 bits per heavy atom. The summed E-state index contributed by atoms with van der Waals surface area (Å²) in [6.45, 7) is 3.54. The van der Waals surface area contributed by atoms with Gasteiger partial charge >= 0.3 is 0 Å². The molecule has 1 unspecified atom stereocenters. The fourth-order valence-corrected chi connectivity index (χ4v) is 1.97. The molecule has 2 aromatic carbocycles. The Morgan fingerprint density at radius 2 is 1.58 bits per heavy atom. The van der Waals surface area contributed by atoms with Gasteiger partial charge in [0.1, 0.15) is 11.9 Å². The topological polar surface area (TPSA) is 29.5 Å². The lowest BCUT2D eigenvalue weighted by Crippen LogP contribution is -2.17. The molecule has 98 valence electrons. The van der Waals surface area contributed by atoms with Crippen LogP contribution in [0.5, 0.6) is 5.75 Å². The van der Waals surface area contributed by atoms with E-state index < -0.39 is 0 Å². The normalized spacial score (nSPS) is 11.9. The van der Waals surface area contributed by atoms with Gasteiger partial charge in [-0.25, -0.2) is 0 Å². The highest BCUT2D eigenvalue weighted by Gasteiger charge is 2.04. The summed E-state index contributed by atoms with van der Waals surface area (Å²) in [6.07, 6.45) is 1.22. The van der Waals surface area contributed by atoms with E-state index >= 15 is 0 Å². The van der Waals surface area contributed by atoms with Crippen LogP contribution in [0.15, 0.2) is 65.7 Å². The Labute approximate surface area is 121 Å². The van der Waals surface area contributed by atoms with Gasteiger partial charge in [-0.2, -0.15) is 0 Å². The molecule has 0 fully saturated rings. The van der Waals surface area contributed by atoms with Gasteiger partial charge in [0.05, 0.1) is 6.61 Å². The van der Waals surface area contributed by atoms with E-state index in [1.54, 1.807) is 6.08 Å². The van der Waals surface area contributed by atoms with E-state index in [1.807, 2.05) is 36.4 Å². The van der Waals surface area contributed by atoms with Crippen LogP contribution < -0.4 is 4.74 Å². The van der Waals surface area contributed by atoms with E-state index in [-0.39, 0.29) is 12.7 Å². The zero-order valence-corrected chi connectivity index (χ0v) is 12.0. The zero-order valence-electron chi connectivity index (χ0n) is 10.4. The first-order chi connectivity index (χ1) is 9.22. The van der Waals surface area contributed by atoms with Crippen molar-refractivity contribution in [3.63, 3.8) is 0 Å². The number of aliphatic hydroxyl groups is 1. The van der Waals surface area contributed by atoms with Crippen LogP contribution >= 0.6 is 15.9 Å². The first-order valence-electron chi connectivity index (χ1n) is 5.99. The van der Waals surface area contributed by atoms with Crippen LogP contribution in [0.1, 0.15) is 0 Å². The van der Waals surface area contributed by atoms with Gasteiger partial charge in [-0.15, -0.1) is 0 Å². The minimum absolute atomic E-state index is 0.0715. The molecule has 0 spiro atoms. The molecule has 0 aliphatic heterocycles. The molecule has 0 amide bonds. The summed E-state index contributed by atoms with van der Waals surface area (Å²) in [5, 5.41) is 9.05. The third kappa shape index (κ3) is 3.69. The van der Waals surface area contributed by atoms with Gasteiger partial charge in [0.25, 0.3) is 0 Å². The summed E-state index contributed by atoms with van der Waals surface area (Å²) < 4.78 is 6.61. The van der Waals surface area contributed by atoms with E-state index in [9.17, 15) is 0 Å². The molecule has 2 nitrogen and oxygen atoms in total. The smallest absolute Gasteiger partial charge is 0.140 e. The summed E-state index contributed by atoms with van der Waals surface area (Å²) in [4.78, 5) is 0. The van der Waals surface area contributed by atoms with Crippen molar-refractivity contribution in [3.8, 4) is 16.9 Å². The van der Waals surface area contributed by atoms with Gasteiger partial charge in [0, 0.05) is 4.47 Å². The Kier molecular flexibility index (Phi) is 4.77. The van der Waals surface area contributed by atoms with Crippen molar-refractivity contribution in [1.29, 1.82) is 0 Å². The van der Waals surface area contributed by atoms with Crippen molar-refractivity contribution in [2.45, 2.75) is 6.10 Å². The fraction of sp³-hybridized carbons (Fsp3) is 0.125. The van der Waals surface area contributed by atoms with Crippen LogP contribution in [-0.2, 0) is 0 Å². The minimum Gasteiger partial charge on any atom is -0.484 e. The van der Waals surface area contributed by atoms with Gasteiger partial charge < -0.3 is 9.84 Å². The van der Waals surface area contributed by atoms with Crippen molar-refractivity contribution < 1.29 is 9.84 Å². The second-order valence-corrected chi connectivity index (χ2v) is 5.02. The number of aliphatic hydroxyl groups excluding tert-OH is 1. The number of benzene rings is 2. The molecular weight excluding hydrogens is 304 g/mol. The van der Waals surface area contributed by atoms with Gasteiger partial charge in [-0.05, 0) is 41.5 Å². The van der Waals surface area contributed by atoms with Crippen LogP contribution in [0.2, 0.25) is 0 Å². The van der Waals surface area contributed by atoms with Crippen molar-refractivity contribution in [2.24, 2.45) is 0 Å². The standard InChI is InChI=1S/C16H15BrO2/c1-2-15(11-18)19-16-9-5-13(6-10-16)12-3-7-14(17)8-4-12/h2-10,15,18H,1,11H2. The molecular formula is C16H15BrO2. The van der Waals surface area contributed by atoms with Gasteiger partial charge in [-0.1, -0.05) is 46.8 Å². The molecule has 2 rings (SSSR count). The summed E-state index contributed by atoms with van der Waals surface area (Å²) in [6, 6.07) is 15.9. The first kappa shape index (κ1) is 13.8. The lowest BCUT2D eigenvalue weighted by atomic mass is 10.1. The molecule has 2 aromatic rings. The Bertz CT molecular complexity index is 532. The van der Waals surface area contributed by atoms with Crippen molar-refractivity contribution >= 4 is 15.9 Å². The number of rotatable bonds is 5. The van der Waals surface area contributed by atoms with E-state index in [0.29, 0.717) is 0 Å². The van der Waals surface area contributed by atoms with E-state index in [4.69, 9.17) is 9.84 Å². The van der Waals surface area contributed by atoms with Crippen LogP contribution in [0.4, 0.5) is 0 Å². The molecule has 0 radical (unpaired) electrons. The Balaban J connectivity index is 2.14. The molecule has 0 saturated heterocycles. The largest absolute Gasteiger partial charge is 0.484 e. The number of hydrogen-bond donors (Lipinski definition) is 1. The maximum atomic E-state index is 9.05. The molecule has 3 heteroatoms. The average molecular weight is 319 g/mol. The predicted molar refractivity (Wildman–Crippen MR) is 81.3 cm³/mol. The lowest BCUT2D eigenvalue weighted by molar-refractivity contribution is 0.150. The number of halogens is 1. The Hall–Kier alpha value is -1.58. The average Bonchev–Trinajstić information content (AvgIpc) is 2.46. The molecule has 0 bridgehead atoms. The van der Waals surface area contributed by atoms with Crippen LogP contribution in [0.3, 0.4) is 0 Å². The van der Waals surface area contributed by atoms with E-state index in [0.717, 1.165) is 21.3 Å². The molecule has 0 aliphatic rings.